The molecule has 1 aliphatic rings. The number of piperazine rings is 1. The first-order valence-corrected chi connectivity index (χ1v) is 8.91. The molecule has 0 spiro atoms. The van der Waals surface area contributed by atoms with Gasteiger partial charge in [-0.25, -0.2) is 9.37 Å². The number of aromatic nitrogens is 3. The Morgan fingerprint density at radius 1 is 1.08 bits per heavy atom. The molecule has 1 unspecified atom stereocenters. The van der Waals surface area contributed by atoms with E-state index in [1.807, 2.05) is 36.8 Å². The van der Waals surface area contributed by atoms with E-state index >= 15 is 0 Å². The summed E-state index contributed by atoms with van der Waals surface area (Å²) in [6.07, 6.45) is 5.67. The summed E-state index contributed by atoms with van der Waals surface area (Å²) in [6, 6.07) is 10.9. The fraction of sp³-hybridized carbons (Fsp3) is 0.300. The molecular formula is C20H22FN5. The minimum Gasteiger partial charge on any atom is -0.354 e. The van der Waals surface area contributed by atoms with Crippen LogP contribution in [0.3, 0.4) is 0 Å². The minimum absolute atomic E-state index is 0.221. The summed E-state index contributed by atoms with van der Waals surface area (Å²) in [7, 11) is 0. The van der Waals surface area contributed by atoms with Gasteiger partial charge in [0, 0.05) is 55.7 Å². The Morgan fingerprint density at radius 2 is 1.85 bits per heavy atom. The number of anilines is 1. The number of halogens is 1. The van der Waals surface area contributed by atoms with Gasteiger partial charge in [-0.2, -0.15) is 5.10 Å². The average Bonchev–Trinajstić information content (AvgIpc) is 3.23. The predicted molar refractivity (Wildman–Crippen MR) is 100 cm³/mol. The van der Waals surface area contributed by atoms with Crippen molar-refractivity contribution in [1.29, 1.82) is 0 Å². The third-order valence-corrected chi connectivity index (χ3v) is 5.11. The molecule has 0 amide bonds. The Bertz CT molecular complexity index is 839. The standard InChI is InChI=1S/C20H22FN5/c1-15(17-13-23-24-14-17)25-9-11-26(12-10-25)20-19(3-2-8-22-20)16-4-6-18(21)7-5-16/h2-8,13-15H,9-12H2,1H3,(H,23,24). The van der Waals surface area contributed by atoms with E-state index in [1.54, 1.807) is 0 Å². The van der Waals surface area contributed by atoms with E-state index in [0.717, 1.165) is 43.1 Å². The fourth-order valence-electron chi connectivity index (χ4n) is 3.52. The van der Waals surface area contributed by atoms with Crippen LogP contribution in [0.5, 0.6) is 0 Å². The Labute approximate surface area is 152 Å². The lowest BCUT2D eigenvalue weighted by Gasteiger charge is -2.39. The molecule has 6 heteroatoms. The molecule has 4 rings (SSSR count). The van der Waals surface area contributed by atoms with Crippen LogP contribution in [0.4, 0.5) is 10.2 Å². The highest BCUT2D eigenvalue weighted by Crippen LogP contribution is 2.30. The van der Waals surface area contributed by atoms with Gasteiger partial charge in [0.25, 0.3) is 0 Å². The van der Waals surface area contributed by atoms with Gasteiger partial charge in [0.1, 0.15) is 11.6 Å². The minimum atomic E-state index is -0.221. The van der Waals surface area contributed by atoms with Crippen LogP contribution in [-0.2, 0) is 0 Å². The number of pyridine rings is 1. The molecule has 1 aliphatic heterocycles. The lowest BCUT2D eigenvalue weighted by molar-refractivity contribution is 0.198. The Morgan fingerprint density at radius 3 is 2.54 bits per heavy atom. The molecule has 1 fully saturated rings. The number of H-pyrrole nitrogens is 1. The van der Waals surface area contributed by atoms with E-state index in [1.165, 1.54) is 17.7 Å². The van der Waals surface area contributed by atoms with E-state index in [-0.39, 0.29) is 5.82 Å². The number of hydrogen-bond donors (Lipinski definition) is 1. The van der Waals surface area contributed by atoms with Crippen LogP contribution in [0.15, 0.2) is 55.0 Å². The molecular weight excluding hydrogens is 329 g/mol. The molecule has 0 bridgehead atoms. The molecule has 1 N–H and O–H groups in total. The van der Waals surface area contributed by atoms with Crippen molar-refractivity contribution in [3.05, 3.63) is 66.4 Å². The van der Waals surface area contributed by atoms with E-state index < -0.39 is 0 Å². The molecule has 3 heterocycles. The first kappa shape index (κ1) is 16.7. The second kappa shape index (κ2) is 7.25. The van der Waals surface area contributed by atoms with Crippen molar-refractivity contribution < 1.29 is 4.39 Å². The smallest absolute Gasteiger partial charge is 0.136 e. The summed E-state index contributed by atoms with van der Waals surface area (Å²) in [4.78, 5) is 9.40. The maximum Gasteiger partial charge on any atom is 0.136 e. The predicted octanol–water partition coefficient (Wildman–Crippen LogP) is 3.49. The van der Waals surface area contributed by atoms with Gasteiger partial charge in [-0.1, -0.05) is 12.1 Å². The van der Waals surface area contributed by atoms with Crippen LogP contribution in [0, 0.1) is 5.82 Å². The zero-order valence-electron chi connectivity index (χ0n) is 14.8. The number of rotatable bonds is 4. The molecule has 1 atom stereocenters. The van der Waals surface area contributed by atoms with Crippen molar-refractivity contribution in [3.63, 3.8) is 0 Å². The maximum atomic E-state index is 13.3. The van der Waals surface area contributed by atoms with Gasteiger partial charge in [0.15, 0.2) is 0 Å². The normalized spacial score (nSPS) is 16.6. The first-order chi connectivity index (χ1) is 12.7. The Balaban J connectivity index is 1.51. The third kappa shape index (κ3) is 3.32. The van der Waals surface area contributed by atoms with Gasteiger partial charge in [0.2, 0.25) is 0 Å². The number of hydrogen-bond acceptors (Lipinski definition) is 4. The average molecular weight is 351 g/mol. The van der Waals surface area contributed by atoms with Gasteiger partial charge >= 0.3 is 0 Å². The van der Waals surface area contributed by atoms with Crippen LogP contribution < -0.4 is 4.90 Å². The monoisotopic (exact) mass is 351 g/mol. The largest absolute Gasteiger partial charge is 0.354 e. The first-order valence-electron chi connectivity index (χ1n) is 8.91. The summed E-state index contributed by atoms with van der Waals surface area (Å²) in [5, 5.41) is 6.94. The SMILES string of the molecule is CC(c1cn[nH]c1)N1CCN(c2ncccc2-c2ccc(F)cc2)CC1. The molecule has 0 aliphatic carbocycles. The van der Waals surface area contributed by atoms with Crippen molar-refractivity contribution >= 4 is 5.82 Å². The summed E-state index contributed by atoms with van der Waals surface area (Å²) < 4.78 is 13.3. The number of nitrogens with zero attached hydrogens (tertiary/aromatic N) is 4. The summed E-state index contributed by atoms with van der Waals surface area (Å²) in [6.45, 7) is 5.96. The van der Waals surface area contributed by atoms with Crippen molar-refractivity contribution in [1.82, 2.24) is 20.1 Å². The van der Waals surface area contributed by atoms with Crippen LogP contribution >= 0.6 is 0 Å². The quantitative estimate of drug-likeness (QED) is 0.782. The van der Waals surface area contributed by atoms with Crippen LogP contribution in [0.1, 0.15) is 18.5 Å². The third-order valence-electron chi connectivity index (χ3n) is 5.11. The second-order valence-corrected chi connectivity index (χ2v) is 6.61. The Hall–Kier alpha value is -2.73. The van der Waals surface area contributed by atoms with Gasteiger partial charge in [-0.05, 0) is 36.8 Å². The molecule has 2 aromatic heterocycles. The second-order valence-electron chi connectivity index (χ2n) is 6.61. The van der Waals surface area contributed by atoms with Crippen molar-refractivity contribution in [3.8, 4) is 11.1 Å². The zero-order valence-corrected chi connectivity index (χ0v) is 14.8. The highest BCUT2D eigenvalue weighted by atomic mass is 19.1. The summed E-state index contributed by atoms with van der Waals surface area (Å²) >= 11 is 0. The van der Waals surface area contributed by atoms with Crippen LogP contribution in [0.2, 0.25) is 0 Å². The van der Waals surface area contributed by atoms with Gasteiger partial charge in [0.05, 0.1) is 6.20 Å². The van der Waals surface area contributed by atoms with Crippen molar-refractivity contribution in [2.75, 3.05) is 31.1 Å². The summed E-state index contributed by atoms with van der Waals surface area (Å²) in [5.41, 5.74) is 3.25. The van der Waals surface area contributed by atoms with E-state index in [9.17, 15) is 4.39 Å². The van der Waals surface area contributed by atoms with Gasteiger partial charge in [-0.15, -0.1) is 0 Å². The van der Waals surface area contributed by atoms with E-state index in [0.29, 0.717) is 6.04 Å². The highest BCUT2D eigenvalue weighted by Gasteiger charge is 2.24. The number of benzene rings is 1. The molecule has 3 aromatic rings. The lowest BCUT2D eigenvalue weighted by atomic mass is 10.1. The van der Waals surface area contributed by atoms with E-state index in [4.69, 9.17) is 0 Å². The summed E-state index contributed by atoms with van der Waals surface area (Å²) in [5.74, 6) is 0.746. The van der Waals surface area contributed by atoms with E-state index in [2.05, 4.69) is 38.0 Å². The van der Waals surface area contributed by atoms with Gasteiger partial charge < -0.3 is 4.90 Å². The molecule has 5 nitrogen and oxygen atoms in total. The van der Waals surface area contributed by atoms with Gasteiger partial charge in [-0.3, -0.25) is 10.00 Å². The zero-order chi connectivity index (χ0) is 17.9. The molecule has 1 aromatic carbocycles. The van der Waals surface area contributed by atoms with Crippen molar-refractivity contribution in [2.24, 2.45) is 0 Å². The maximum absolute atomic E-state index is 13.3. The molecule has 26 heavy (non-hydrogen) atoms. The highest BCUT2D eigenvalue weighted by molar-refractivity contribution is 5.75. The fourth-order valence-corrected chi connectivity index (χ4v) is 3.52. The Kier molecular flexibility index (Phi) is 4.67. The molecule has 0 radical (unpaired) electrons. The van der Waals surface area contributed by atoms with Crippen LogP contribution in [0.25, 0.3) is 11.1 Å². The lowest BCUT2D eigenvalue weighted by Crippen LogP contribution is -2.47. The van der Waals surface area contributed by atoms with Crippen molar-refractivity contribution in [2.45, 2.75) is 13.0 Å². The topological polar surface area (TPSA) is 48.1 Å². The number of aromatic amines is 1. The molecule has 1 saturated heterocycles. The molecule has 134 valence electrons. The molecule has 0 saturated carbocycles. The number of nitrogens with one attached hydrogen (secondary N) is 1. The van der Waals surface area contributed by atoms with Crippen LogP contribution in [-0.4, -0.2) is 46.3 Å².